The van der Waals surface area contributed by atoms with Gasteiger partial charge in [-0.3, -0.25) is 32.9 Å². The number of hydrogen-bond acceptors (Lipinski definition) is 10. The van der Waals surface area contributed by atoms with Gasteiger partial charge in [-0.05, 0) is 135 Å². The molecular formula is C65H54Br2F6N14O5. The molecular weight excluding hydrogens is 1330 g/mol. The molecule has 0 spiro atoms. The molecule has 5 aromatic carbocycles. The van der Waals surface area contributed by atoms with Gasteiger partial charge in [0.2, 0.25) is 0 Å². The van der Waals surface area contributed by atoms with Gasteiger partial charge in [0.1, 0.15) is 17.6 Å². The Balaban J connectivity index is 0.806. The second kappa shape index (κ2) is 23.3. The third kappa shape index (κ3) is 11.0. The van der Waals surface area contributed by atoms with E-state index in [9.17, 15) is 45.5 Å². The van der Waals surface area contributed by atoms with Gasteiger partial charge in [0.25, 0.3) is 22.9 Å². The van der Waals surface area contributed by atoms with Crippen molar-refractivity contribution in [3.63, 3.8) is 0 Å². The largest absolute Gasteiger partial charge is 0.417 e. The van der Waals surface area contributed by atoms with Crippen LogP contribution >= 0.6 is 31.9 Å². The average molecular weight is 1390 g/mol. The monoisotopic (exact) mass is 1380 g/mol. The van der Waals surface area contributed by atoms with E-state index in [2.05, 4.69) is 52.3 Å². The maximum absolute atomic E-state index is 15.1. The van der Waals surface area contributed by atoms with E-state index in [0.717, 1.165) is 28.8 Å². The summed E-state index contributed by atoms with van der Waals surface area (Å²) < 4.78 is 93.4. The zero-order valence-corrected chi connectivity index (χ0v) is 52.9. The van der Waals surface area contributed by atoms with Crippen molar-refractivity contribution in [3.05, 3.63) is 235 Å². The molecule has 470 valence electrons. The van der Waals surface area contributed by atoms with Crippen molar-refractivity contribution in [2.24, 2.45) is 13.0 Å². The number of nitrogens with one attached hydrogen (secondary N) is 1. The van der Waals surface area contributed by atoms with Crippen LogP contribution in [0.25, 0.3) is 45.4 Å². The van der Waals surface area contributed by atoms with Crippen LogP contribution in [0.1, 0.15) is 104 Å². The van der Waals surface area contributed by atoms with E-state index in [-0.39, 0.29) is 69.5 Å². The lowest BCUT2D eigenvalue weighted by Crippen LogP contribution is -2.46. The summed E-state index contributed by atoms with van der Waals surface area (Å²) in [5, 5.41) is 25.0. The SMILES string of the molecule is CC(C)Cc1cnn2c3c(c(=O)n(-c4ccc(-c5nncn5Cc5cccc(Cc6cnn7c8c(c(=O)n(-c9ccc(-c%10n[nH]c(=O)n%10C)cc9)c67)CC(C)N(C(=O)c6ccc(Br)c(C(F)(F)F)c6)C8)c5)cc4)c12)CC(C)N(C(=O)c1ccc(Br)c(C(F)(F)F)c1)C3. The molecule has 2 aliphatic heterocycles. The highest BCUT2D eigenvalue weighted by atomic mass is 79.9. The predicted octanol–water partition coefficient (Wildman–Crippen LogP) is 11.2. The summed E-state index contributed by atoms with van der Waals surface area (Å²) in [4.78, 5) is 73.6. The first-order valence-corrected chi connectivity index (χ1v) is 30.8. The van der Waals surface area contributed by atoms with Gasteiger partial charge in [-0.15, -0.1) is 10.2 Å². The fourth-order valence-corrected chi connectivity index (χ4v) is 13.5. The van der Waals surface area contributed by atoms with Gasteiger partial charge in [-0.1, -0.05) is 70.0 Å². The van der Waals surface area contributed by atoms with Gasteiger partial charge >= 0.3 is 18.0 Å². The molecule has 6 aromatic heterocycles. The molecule has 2 atom stereocenters. The number of halogens is 8. The van der Waals surface area contributed by atoms with Crippen molar-refractivity contribution >= 4 is 55.0 Å². The Kier molecular flexibility index (Phi) is 15.6. The molecule has 27 heteroatoms. The fourth-order valence-electron chi connectivity index (χ4n) is 12.6. The summed E-state index contributed by atoms with van der Waals surface area (Å²) in [6, 6.07) is 27.7. The first kappa shape index (κ1) is 61.4. The number of H-pyrrole nitrogens is 1. The molecule has 8 heterocycles. The molecule has 0 bridgehead atoms. The maximum atomic E-state index is 15.1. The number of fused-ring (bicyclic) bond motifs is 6. The molecule has 2 amide bonds. The van der Waals surface area contributed by atoms with E-state index in [1.165, 1.54) is 38.6 Å². The van der Waals surface area contributed by atoms with Gasteiger partial charge in [-0.25, -0.2) is 18.9 Å². The van der Waals surface area contributed by atoms with Crippen molar-refractivity contribution in [1.29, 1.82) is 0 Å². The Morgan fingerprint density at radius 1 is 0.641 bits per heavy atom. The fraction of sp³-hybridized carbons (Fsp3) is 0.262. The maximum Gasteiger partial charge on any atom is 0.417 e. The van der Waals surface area contributed by atoms with E-state index >= 15 is 4.79 Å². The van der Waals surface area contributed by atoms with Gasteiger partial charge in [-0.2, -0.15) is 41.6 Å². The first-order valence-electron chi connectivity index (χ1n) is 29.2. The number of hydrogen-bond donors (Lipinski definition) is 1. The van der Waals surface area contributed by atoms with E-state index in [1.807, 2.05) is 66.9 Å². The van der Waals surface area contributed by atoms with E-state index in [0.29, 0.717) is 86.5 Å². The Morgan fingerprint density at radius 2 is 1.13 bits per heavy atom. The first-order chi connectivity index (χ1) is 43.8. The number of benzene rings is 5. The Bertz CT molecular complexity index is 4980. The Labute approximate surface area is 535 Å². The molecule has 2 unspecified atom stereocenters. The Hall–Kier alpha value is -9.50. The van der Waals surface area contributed by atoms with E-state index < -0.39 is 53.1 Å². The van der Waals surface area contributed by atoms with Crippen molar-refractivity contribution in [2.75, 3.05) is 0 Å². The van der Waals surface area contributed by atoms with Crippen molar-refractivity contribution < 1.29 is 35.9 Å². The minimum absolute atomic E-state index is 0.0690. The molecule has 92 heavy (non-hydrogen) atoms. The smallest absolute Gasteiger partial charge is 0.330 e. The van der Waals surface area contributed by atoms with Crippen LogP contribution in [0.3, 0.4) is 0 Å². The molecule has 13 rings (SSSR count). The van der Waals surface area contributed by atoms with Crippen LogP contribution in [0.15, 0.2) is 151 Å². The zero-order valence-electron chi connectivity index (χ0n) is 49.7. The summed E-state index contributed by atoms with van der Waals surface area (Å²) in [6.07, 6.45) is -3.41. The van der Waals surface area contributed by atoms with Crippen LogP contribution in [-0.2, 0) is 64.7 Å². The number of alkyl halides is 6. The van der Waals surface area contributed by atoms with Crippen LogP contribution in [-0.4, -0.2) is 91.6 Å². The molecule has 1 N–H and O–H groups in total. The van der Waals surface area contributed by atoms with Gasteiger partial charge in [0, 0.05) is 79.0 Å². The van der Waals surface area contributed by atoms with Crippen LogP contribution in [0.5, 0.6) is 0 Å². The summed E-state index contributed by atoms with van der Waals surface area (Å²) in [7, 11) is 1.58. The summed E-state index contributed by atoms with van der Waals surface area (Å²) in [6.45, 7) is 7.72. The lowest BCUT2D eigenvalue weighted by molar-refractivity contribution is -0.139. The molecule has 0 radical (unpaired) electrons. The molecule has 0 saturated heterocycles. The number of amides is 2. The molecule has 0 saturated carbocycles. The highest BCUT2D eigenvalue weighted by molar-refractivity contribution is 9.10. The zero-order chi connectivity index (χ0) is 65.0. The molecule has 11 aromatic rings. The minimum Gasteiger partial charge on any atom is -0.330 e. The van der Waals surface area contributed by atoms with Crippen molar-refractivity contribution in [2.45, 2.75) is 97.4 Å². The lowest BCUT2D eigenvalue weighted by Gasteiger charge is -2.35. The third-order valence-electron chi connectivity index (χ3n) is 17.1. The van der Waals surface area contributed by atoms with Gasteiger partial charge < -0.3 is 14.4 Å². The van der Waals surface area contributed by atoms with Crippen LogP contribution < -0.4 is 16.8 Å². The van der Waals surface area contributed by atoms with Crippen LogP contribution in [0, 0.1) is 5.92 Å². The standard InChI is InChI=1S/C65H54Br2F6N14O5/c1-34(2)21-43-28-75-86-53-31-82(59(88)41-13-19-51(66)49(26-41)64(68,69)70)35(3)22-47(53)61(90)84(57(43)86)46-17-11-40(12-18-46)56-77-74-33-81(56)30-38-8-6-7-37(24-38)25-44-29-76-87-54-32-83(60(89)42-14-20-52(67)50(27-42)65(71,72)73)36(4)23-48(54)62(91)85(58(44)87)45-15-9-39(10-16-45)55-78-79-63(92)80(55)5/h6-20,24,26-29,33-36H,21-23,25,30-32H2,1-5H3,(H,79,92). The van der Waals surface area contributed by atoms with Crippen molar-refractivity contribution in [3.8, 4) is 34.2 Å². The number of rotatable bonds is 12. The van der Waals surface area contributed by atoms with Gasteiger partial charge in [0.05, 0.1) is 65.9 Å². The number of carbonyl (C=O) groups is 2. The highest BCUT2D eigenvalue weighted by Gasteiger charge is 2.39. The highest BCUT2D eigenvalue weighted by Crippen LogP contribution is 2.39. The molecule has 0 fully saturated rings. The van der Waals surface area contributed by atoms with Gasteiger partial charge in [0.15, 0.2) is 11.6 Å². The summed E-state index contributed by atoms with van der Waals surface area (Å²) in [5.41, 5.74) is 4.70. The lowest BCUT2D eigenvalue weighted by atomic mass is 9.97. The molecule has 2 aliphatic rings. The van der Waals surface area contributed by atoms with Crippen LogP contribution in [0.2, 0.25) is 0 Å². The second-order valence-corrected chi connectivity index (χ2v) is 25.4. The minimum atomic E-state index is -4.73. The Morgan fingerprint density at radius 3 is 1.62 bits per heavy atom. The molecule has 19 nitrogen and oxygen atoms in total. The quantitative estimate of drug-likeness (QED) is 0.115. The predicted molar refractivity (Wildman–Crippen MR) is 335 cm³/mol. The summed E-state index contributed by atoms with van der Waals surface area (Å²) in [5.74, 6) is -0.177. The second-order valence-electron chi connectivity index (χ2n) is 23.7. The number of aromatic amines is 1. The molecule has 0 aliphatic carbocycles. The topological polar surface area (TPSA) is 201 Å². The number of aromatic nitrogens is 12. The van der Waals surface area contributed by atoms with E-state index in [4.69, 9.17) is 10.2 Å². The summed E-state index contributed by atoms with van der Waals surface area (Å²) >= 11 is 5.94. The van der Waals surface area contributed by atoms with E-state index in [1.54, 1.807) is 82.0 Å². The van der Waals surface area contributed by atoms with Crippen LogP contribution in [0.4, 0.5) is 26.3 Å². The number of carbonyl (C=O) groups excluding carboxylic acids is 2. The number of nitrogens with zero attached hydrogens (tertiary/aromatic N) is 13. The normalized spacial score (nSPS) is 15.2. The van der Waals surface area contributed by atoms with Crippen molar-refractivity contribution in [1.82, 2.24) is 67.7 Å². The average Bonchev–Trinajstić information content (AvgIpc) is 1.49. The third-order valence-corrected chi connectivity index (χ3v) is 18.5.